The number of hydrogen-bond acceptors (Lipinski definition) is 3. The molecule has 3 aromatic rings. The van der Waals surface area contributed by atoms with Crippen LogP contribution < -0.4 is 5.32 Å². The molecular formula is C26H30N4O2. The summed E-state index contributed by atoms with van der Waals surface area (Å²) in [5, 5.41) is 2.99. The van der Waals surface area contributed by atoms with E-state index in [4.69, 9.17) is 0 Å². The van der Waals surface area contributed by atoms with Crippen LogP contribution in [0.2, 0.25) is 0 Å². The van der Waals surface area contributed by atoms with E-state index in [1.807, 2.05) is 58.1 Å². The highest BCUT2D eigenvalue weighted by molar-refractivity contribution is 5.94. The van der Waals surface area contributed by atoms with Crippen molar-refractivity contribution in [3.8, 4) is 0 Å². The molecule has 2 aliphatic rings. The number of pyridine rings is 1. The number of aromatic nitrogens is 2. The van der Waals surface area contributed by atoms with E-state index in [0.29, 0.717) is 29.9 Å². The quantitative estimate of drug-likeness (QED) is 0.639. The van der Waals surface area contributed by atoms with Crippen molar-refractivity contribution in [2.45, 2.75) is 51.0 Å². The van der Waals surface area contributed by atoms with Gasteiger partial charge in [-0.25, -0.2) is 4.98 Å². The van der Waals surface area contributed by atoms with Crippen molar-refractivity contribution >= 4 is 17.5 Å². The summed E-state index contributed by atoms with van der Waals surface area (Å²) in [7, 11) is 0. The molecule has 2 aromatic heterocycles. The molecule has 166 valence electrons. The number of likely N-dealkylation sites (tertiary alicyclic amines) is 1. The van der Waals surface area contributed by atoms with Crippen molar-refractivity contribution in [1.29, 1.82) is 0 Å². The molecule has 1 N–H and O–H groups in total. The van der Waals surface area contributed by atoms with E-state index in [1.54, 1.807) is 6.20 Å². The lowest BCUT2D eigenvalue weighted by Gasteiger charge is -2.19. The van der Waals surface area contributed by atoms with Gasteiger partial charge in [-0.05, 0) is 60.6 Å². The molecule has 5 rings (SSSR count). The Morgan fingerprint density at radius 1 is 1.03 bits per heavy atom. The van der Waals surface area contributed by atoms with Gasteiger partial charge >= 0.3 is 0 Å². The number of amides is 2. The van der Waals surface area contributed by atoms with Gasteiger partial charge < -0.3 is 14.6 Å². The lowest BCUT2D eigenvalue weighted by molar-refractivity contribution is -0.131. The Labute approximate surface area is 188 Å². The molecule has 2 amide bonds. The topological polar surface area (TPSA) is 66.7 Å². The molecule has 0 spiro atoms. The van der Waals surface area contributed by atoms with Crippen molar-refractivity contribution in [1.82, 2.24) is 19.6 Å². The van der Waals surface area contributed by atoms with Gasteiger partial charge in [0.15, 0.2) is 0 Å². The van der Waals surface area contributed by atoms with Crippen LogP contribution in [0.5, 0.6) is 0 Å². The van der Waals surface area contributed by atoms with Gasteiger partial charge in [0.05, 0.1) is 0 Å². The zero-order chi connectivity index (χ0) is 21.9. The maximum absolute atomic E-state index is 12.6. The molecular weight excluding hydrogens is 400 g/mol. The van der Waals surface area contributed by atoms with E-state index in [9.17, 15) is 9.59 Å². The van der Waals surface area contributed by atoms with Gasteiger partial charge in [0.25, 0.3) is 5.91 Å². The number of hydrogen-bond donors (Lipinski definition) is 1. The van der Waals surface area contributed by atoms with E-state index in [1.165, 1.54) is 31.2 Å². The minimum atomic E-state index is -0.0837. The van der Waals surface area contributed by atoms with Crippen molar-refractivity contribution in [3.05, 3.63) is 71.7 Å². The van der Waals surface area contributed by atoms with E-state index in [0.717, 1.165) is 37.1 Å². The summed E-state index contributed by atoms with van der Waals surface area (Å²) in [5.74, 6) is 1.20. The predicted octanol–water partition coefficient (Wildman–Crippen LogP) is 4.16. The SMILES string of the molecule is O=C(NCc1ccn2ccnc2c1)c1ccc(C2CCN(C(=O)CC3CCCC3)C2)cc1. The summed E-state index contributed by atoms with van der Waals surface area (Å²) >= 11 is 0. The molecule has 1 aromatic carbocycles. The summed E-state index contributed by atoms with van der Waals surface area (Å²) in [4.78, 5) is 31.5. The van der Waals surface area contributed by atoms with Gasteiger partial charge in [0.2, 0.25) is 5.91 Å². The third-order valence-corrected chi connectivity index (χ3v) is 7.04. The highest BCUT2D eigenvalue weighted by atomic mass is 16.2. The number of rotatable bonds is 6. The number of nitrogens with zero attached hydrogens (tertiary/aromatic N) is 3. The number of carbonyl (C=O) groups excluding carboxylic acids is 2. The zero-order valence-electron chi connectivity index (χ0n) is 18.4. The maximum Gasteiger partial charge on any atom is 0.251 e. The number of benzene rings is 1. The Kier molecular flexibility index (Phi) is 5.93. The van der Waals surface area contributed by atoms with Crippen LogP contribution in [0.4, 0.5) is 0 Å². The second-order valence-corrected chi connectivity index (χ2v) is 9.21. The third kappa shape index (κ3) is 4.54. The lowest BCUT2D eigenvalue weighted by atomic mass is 9.97. The molecule has 1 aliphatic heterocycles. The molecule has 0 radical (unpaired) electrons. The molecule has 6 nitrogen and oxygen atoms in total. The van der Waals surface area contributed by atoms with Crippen LogP contribution in [0, 0.1) is 5.92 Å². The molecule has 1 atom stereocenters. The first-order valence-corrected chi connectivity index (χ1v) is 11.7. The van der Waals surface area contributed by atoms with Gasteiger partial charge in [-0.3, -0.25) is 9.59 Å². The molecule has 1 unspecified atom stereocenters. The third-order valence-electron chi connectivity index (χ3n) is 7.04. The second kappa shape index (κ2) is 9.15. The monoisotopic (exact) mass is 430 g/mol. The molecule has 1 saturated carbocycles. The fourth-order valence-electron chi connectivity index (χ4n) is 5.10. The number of nitrogens with one attached hydrogen (secondary N) is 1. The minimum Gasteiger partial charge on any atom is -0.348 e. The molecule has 32 heavy (non-hydrogen) atoms. The van der Waals surface area contributed by atoms with Crippen LogP contribution >= 0.6 is 0 Å². The van der Waals surface area contributed by atoms with E-state index < -0.39 is 0 Å². The Balaban J connectivity index is 1.14. The molecule has 1 aliphatic carbocycles. The number of imidazole rings is 1. The summed E-state index contributed by atoms with van der Waals surface area (Å²) < 4.78 is 1.94. The lowest BCUT2D eigenvalue weighted by Crippen LogP contribution is -2.29. The largest absolute Gasteiger partial charge is 0.348 e. The zero-order valence-corrected chi connectivity index (χ0v) is 18.4. The second-order valence-electron chi connectivity index (χ2n) is 9.21. The standard InChI is InChI=1S/C26H30N4O2/c31-25(16-19-3-1-2-4-19)30-13-10-23(18-30)21-5-7-22(8-6-21)26(32)28-17-20-9-12-29-14-11-27-24(29)15-20/h5-9,11-12,14-15,19,23H,1-4,10,13,16-18H2,(H,28,32). The van der Waals surface area contributed by atoms with Crippen molar-refractivity contribution in [2.24, 2.45) is 5.92 Å². The van der Waals surface area contributed by atoms with Crippen molar-refractivity contribution in [3.63, 3.8) is 0 Å². The van der Waals surface area contributed by atoms with Crippen LogP contribution in [-0.2, 0) is 11.3 Å². The molecule has 2 fully saturated rings. The first kappa shape index (κ1) is 20.7. The fraction of sp³-hybridized carbons (Fsp3) is 0.423. The van der Waals surface area contributed by atoms with Crippen LogP contribution in [0.3, 0.4) is 0 Å². The smallest absolute Gasteiger partial charge is 0.251 e. The minimum absolute atomic E-state index is 0.0837. The molecule has 6 heteroatoms. The highest BCUT2D eigenvalue weighted by Crippen LogP contribution is 2.31. The Morgan fingerprint density at radius 2 is 1.84 bits per heavy atom. The average Bonchev–Trinajstić information content (AvgIpc) is 3.59. The molecule has 1 saturated heterocycles. The van der Waals surface area contributed by atoms with Crippen LogP contribution in [0.1, 0.15) is 65.9 Å². The predicted molar refractivity (Wildman–Crippen MR) is 123 cm³/mol. The van der Waals surface area contributed by atoms with Crippen LogP contribution in [0.15, 0.2) is 55.0 Å². The molecule has 0 bridgehead atoms. The van der Waals surface area contributed by atoms with Gasteiger partial charge in [-0.15, -0.1) is 0 Å². The fourth-order valence-corrected chi connectivity index (χ4v) is 5.10. The van der Waals surface area contributed by atoms with Crippen molar-refractivity contribution < 1.29 is 9.59 Å². The average molecular weight is 431 g/mol. The summed E-state index contributed by atoms with van der Waals surface area (Å²) in [6.07, 6.45) is 12.3. The molecule has 3 heterocycles. The number of carbonyl (C=O) groups is 2. The van der Waals surface area contributed by atoms with E-state index in [2.05, 4.69) is 10.3 Å². The summed E-state index contributed by atoms with van der Waals surface area (Å²) in [6.45, 7) is 2.11. The van der Waals surface area contributed by atoms with Gasteiger partial charge in [0, 0.05) is 56.1 Å². The normalized spacial score (nSPS) is 19.0. The van der Waals surface area contributed by atoms with Crippen molar-refractivity contribution in [2.75, 3.05) is 13.1 Å². The number of fused-ring (bicyclic) bond motifs is 1. The van der Waals surface area contributed by atoms with Gasteiger partial charge in [0.1, 0.15) is 5.65 Å². The summed E-state index contributed by atoms with van der Waals surface area (Å²) in [6, 6.07) is 11.8. The highest BCUT2D eigenvalue weighted by Gasteiger charge is 2.29. The Morgan fingerprint density at radius 3 is 2.66 bits per heavy atom. The summed E-state index contributed by atoms with van der Waals surface area (Å²) in [5.41, 5.74) is 3.75. The Hall–Kier alpha value is -3.15. The van der Waals surface area contributed by atoms with Gasteiger partial charge in [-0.2, -0.15) is 0 Å². The van der Waals surface area contributed by atoms with E-state index >= 15 is 0 Å². The first-order valence-electron chi connectivity index (χ1n) is 11.7. The van der Waals surface area contributed by atoms with Gasteiger partial charge in [-0.1, -0.05) is 25.0 Å². The van der Waals surface area contributed by atoms with Crippen LogP contribution in [0.25, 0.3) is 5.65 Å². The van der Waals surface area contributed by atoms with Crippen LogP contribution in [-0.4, -0.2) is 39.2 Å². The van der Waals surface area contributed by atoms with E-state index in [-0.39, 0.29) is 5.91 Å². The maximum atomic E-state index is 12.6. The first-order chi connectivity index (χ1) is 15.7. The Bertz CT molecular complexity index is 1100.